The molecule has 0 saturated carbocycles. The van der Waals surface area contributed by atoms with Gasteiger partial charge in [0.1, 0.15) is 0 Å². The fourth-order valence-corrected chi connectivity index (χ4v) is 4.25. The maximum absolute atomic E-state index is 12.4. The highest BCUT2D eigenvalue weighted by Gasteiger charge is 2.15. The number of carbonyl (C=O) groups is 1. The Kier molecular flexibility index (Phi) is 4.59. The predicted molar refractivity (Wildman–Crippen MR) is 99.7 cm³/mol. The van der Waals surface area contributed by atoms with E-state index >= 15 is 0 Å². The number of fused-ring (bicyclic) bond motifs is 1. The van der Waals surface area contributed by atoms with Gasteiger partial charge in [-0.2, -0.15) is 0 Å². The molecule has 6 nitrogen and oxygen atoms in total. The number of aryl methyl sites for hydroxylation is 2. The van der Waals surface area contributed by atoms with Crippen molar-refractivity contribution in [2.75, 3.05) is 12.4 Å². The van der Waals surface area contributed by atoms with Gasteiger partial charge in [-0.3, -0.25) is 10.1 Å². The molecule has 0 fully saturated rings. The number of nitrogens with one attached hydrogen (secondary N) is 2. The number of amides is 1. The van der Waals surface area contributed by atoms with Gasteiger partial charge in [-0.15, -0.1) is 0 Å². The first kappa shape index (κ1) is 17.5. The number of carbonyl (C=O) groups excluding carboxylic acids is 1. The van der Waals surface area contributed by atoms with Crippen LogP contribution < -0.4 is 10.0 Å². The third-order valence-corrected chi connectivity index (χ3v) is 5.99. The van der Waals surface area contributed by atoms with Crippen LogP contribution in [0.2, 0.25) is 0 Å². The second-order valence-corrected chi connectivity index (χ2v) is 8.60. The standard InChI is InChI=1S/C17H17N3O3S2/c1-10-6-11(2)8-12(7-10)16(21)20-17-19-14-5-4-13(9-15(14)24-17)25(22,23)18-3/h4-9,18H,1-3H3,(H,19,20,21). The molecule has 1 aromatic heterocycles. The second kappa shape index (κ2) is 6.55. The van der Waals surface area contributed by atoms with Crippen LogP contribution in [0.1, 0.15) is 21.5 Å². The van der Waals surface area contributed by atoms with Gasteiger partial charge in [-0.25, -0.2) is 18.1 Å². The quantitative estimate of drug-likeness (QED) is 0.733. The zero-order chi connectivity index (χ0) is 18.2. The molecule has 2 N–H and O–H groups in total. The summed E-state index contributed by atoms with van der Waals surface area (Å²) in [6, 6.07) is 10.3. The van der Waals surface area contributed by atoms with E-state index in [0.717, 1.165) is 11.1 Å². The highest BCUT2D eigenvalue weighted by atomic mass is 32.2. The fraction of sp³-hybridized carbons (Fsp3) is 0.176. The van der Waals surface area contributed by atoms with E-state index in [0.29, 0.717) is 20.9 Å². The first-order chi connectivity index (χ1) is 11.8. The smallest absolute Gasteiger partial charge is 0.257 e. The van der Waals surface area contributed by atoms with E-state index in [4.69, 9.17) is 0 Å². The van der Waals surface area contributed by atoms with E-state index < -0.39 is 10.0 Å². The Morgan fingerprint density at radius 1 is 1.08 bits per heavy atom. The minimum atomic E-state index is -3.51. The van der Waals surface area contributed by atoms with Crippen LogP contribution >= 0.6 is 11.3 Å². The normalized spacial score (nSPS) is 11.6. The van der Waals surface area contributed by atoms with Gasteiger partial charge in [0, 0.05) is 5.56 Å². The van der Waals surface area contributed by atoms with Crippen LogP contribution in [0, 0.1) is 13.8 Å². The zero-order valence-corrected chi connectivity index (χ0v) is 15.6. The first-order valence-electron chi connectivity index (χ1n) is 7.52. The molecule has 0 aliphatic heterocycles. The van der Waals surface area contributed by atoms with Gasteiger partial charge >= 0.3 is 0 Å². The highest BCUT2D eigenvalue weighted by molar-refractivity contribution is 7.89. The average molecular weight is 375 g/mol. The lowest BCUT2D eigenvalue weighted by Gasteiger charge is -2.04. The van der Waals surface area contributed by atoms with E-state index in [9.17, 15) is 13.2 Å². The lowest BCUT2D eigenvalue weighted by atomic mass is 10.1. The van der Waals surface area contributed by atoms with Crippen LogP contribution in [0.5, 0.6) is 0 Å². The molecule has 1 amide bonds. The van der Waals surface area contributed by atoms with Crippen molar-refractivity contribution in [3.05, 3.63) is 53.1 Å². The fourth-order valence-electron chi connectivity index (χ4n) is 2.52. The van der Waals surface area contributed by atoms with E-state index in [2.05, 4.69) is 15.0 Å². The van der Waals surface area contributed by atoms with E-state index in [-0.39, 0.29) is 10.8 Å². The molecular weight excluding hydrogens is 358 g/mol. The number of thiazole rings is 1. The van der Waals surface area contributed by atoms with Crippen molar-refractivity contribution in [2.45, 2.75) is 18.7 Å². The third kappa shape index (κ3) is 3.71. The summed E-state index contributed by atoms with van der Waals surface area (Å²) < 4.78 is 26.7. The summed E-state index contributed by atoms with van der Waals surface area (Å²) in [6.45, 7) is 3.87. The molecule has 3 aromatic rings. The lowest BCUT2D eigenvalue weighted by Crippen LogP contribution is -2.18. The van der Waals surface area contributed by atoms with Crippen molar-refractivity contribution < 1.29 is 13.2 Å². The molecule has 0 bridgehead atoms. The van der Waals surface area contributed by atoms with E-state index in [1.165, 1.54) is 24.5 Å². The minimum absolute atomic E-state index is 0.165. The Balaban J connectivity index is 1.90. The molecule has 0 radical (unpaired) electrons. The van der Waals surface area contributed by atoms with Gasteiger partial charge in [0.25, 0.3) is 5.91 Å². The van der Waals surface area contributed by atoms with Crippen LogP contribution in [0.25, 0.3) is 10.2 Å². The van der Waals surface area contributed by atoms with Crippen LogP contribution in [-0.4, -0.2) is 26.4 Å². The van der Waals surface area contributed by atoms with Gasteiger partial charge in [0.05, 0.1) is 15.1 Å². The number of aromatic nitrogens is 1. The van der Waals surface area contributed by atoms with Gasteiger partial charge in [-0.1, -0.05) is 28.5 Å². The van der Waals surface area contributed by atoms with Gasteiger partial charge in [0.15, 0.2) is 5.13 Å². The van der Waals surface area contributed by atoms with E-state index in [1.807, 2.05) is 32.0 Å². The maximum atomic E-state index is 12.4. The summed E-state index contributed by atoms with van der Waals surface area (Å²) in [6.07, 6.45) is 0. The Bertz CT molecular complexity index is 1050. The Hall–Kier alpha value is -2.29. The lowest BCUT2D eigenvalue weighted by molar-refractivity contribution is 0.102. The topological polar surface area (TPSA) is 88.2 Å². The van der Waals surface area contributed by atoms with Gasteiger partial charge < -0.3 is 0 Å². The number of benzene rings is 2. The number of nitrogens with zero attached hydrogens (tertiary/aromatic N) is 1. The van der Waals surface area contributed by atoms with Crippen LogP contribution in [0.4, 0.5) is 5.13 Å². The molecule has 3 rings (SSSR count). The molecule has 0 saturated heterocycles. The number of anilines is 1. The molecule has 0 aliphatic rings. The SMILES string of the molecule is CNS(=O)(=O)c1ccc2nc(NC(=O)c3cc(C)cc(C)c3)sc2c1. The molecule has 8 heteroatoms. The first-order valence-corrected chi connectivity index (χ1v) is 9.82. The number of hydrogen-bond acceptors (Lipinski definition) is 5. The molecule has 2 aromatic carbocycles. The van der Waals surface area contributed by atoms with Crippen LogP contribution in [0.15, 0.2) is 41.3 Å². The number of hydrogen-bond donors (Lipinski definition) is 2. The average Bonchev–Trinajstić information content (AvgIpc) is 2.95. The Morgan fingerprint density at radius 2 is 1.76 bits per heavy atom. The minimum Gasteiger partial charge on any atom is -0.298 e. The summed E-state index contributed by atoms with van der Waals surface area (Å²) in [7, 11) is -2.15. The zero-order valence-electron chi connectivity index (χ0n) is 14.0. The number of sulfonamides is 1. The molecule has 1 heterocycles. The van der Waals surface area contributed by atoms with Crippen molar-refractivity contribution >= 4 is 42.6 Å². The monoisotopic (exact) mass is 375 g/mol. The van der Waals surface area contributed by atoms with Gasteiger partial charge in [-0.05, 0) is 51.2 Å². The second-order valence-electron chi connectivity index (χ2n) is 5.69. The molecule has 0 atom stereocenters. The van der Waals surface area contributed by atoms with Crippen LogP contribution in [-0.2, 0) is 10.0 Å². The molecule has 130 valence electrons. The molecule has 25 heavy (non-hydrogen) atoms. The summed E-state index contributed by atoms with van der Waals surface area (Å²) in [5, 5.41) is 3.21. The predicted octanol–water partition coefficient (Wildman–Crippen LogP) is 3.07. The van der Waals surface area contributed by atoms with Gasteiger partial charge in [0.2, 0.25) is 10.0 Å². The molecular formula is C17H17N3O3S2. The largest absolute Gasteiger partial charge is 0.298 e. The van der Waals surface area contributed by atoms with Crippen molar-refractivity contribution in [1.29, 1.82) is 0 Å². The number of rotatable bonds is 4. The van der Waals surface area contributed by atoms with Crippen molar-refractivity contribution in [3.8, 4) is 0 Å². The summed E-state index contributed by atoms with van der Waals surface area (Å²) >= 11 is 1.23. The van der Waals surface area contributed by atoms with Crippen molar-refractivity contribution in [1.82, 2.24) is 9.71 Å². The highest BCUT2D eigenvalue weighted by Crippen LogP contribution is 2.28. The molecule has 0 aliphatic carbocycles. The van der Waals surface area contributed by atoms with E-state index in [1.54, 1.807) is 12.1 Å². The summed E-state index contributed by atoms with van der Waals surface area (Å²) in [5.41, 5.74) is 3.22. The Morgan fingerprint density at radius 3 is 2.40 bits per heavy atom. The Labute approximate surface area is 150 Å². The third-order valence-electron chi connectivity index (χ3n) is 3.64. The summed E-state index contributed by atoms with van der Waals surface area (Å²) in [5.74, 6) is -0.242. The van der Waals surface area contributed by atoms with Crippen molar-refractivity contribution in [3.63, 3.8) is 0 Å². The summed E-state index contributed by atoms with van der Waals surface area (Å²) in [4.78, 5) is 16.9. The van der Waals surface area contributed by atoms with Crippen molar-refractivity contribution in [2.24, 2.45) is 0 Å². The maximum Gasteiger partial charge on any atom is 0.257 e. The molecule has 0 spiro atoms. The van der Waals surface area contributed by atoms with Crippen LogP contribution in [0.3, 0.4) is 0 Å². The molecule has 0 unspecified atom stereocenters.